The fraction of sp³-hybridized carbons (Fsp3) is 0.417. The summed E-state index contributed by atoms with van der Waals surface area (Å²) in [5, 5.41) is 9.88. The summed E-state index contributed by atoms with van der Waals surface area (Å²) in [5.41, 5.74) is 1.12. The van der Waals surface area contributed by atoms with Crippen LogP contribution >= 0.6 is 23.2 Å². The monoisotopic (exact) mass is 258 g/mol. The molecule has 2 atom stereocenters. The lowest BCUT2D eigenvalue weighted by molar-refractivity contribution is -0.138. The first-order chi connectivity index (χ1) is 7.58. The summed E-state index contributed by atoms with van der Waals surface area (Å²) in [6.07, 6.45) is 2.59. The van der Waals surface area contributed by atoms with Crippen LogP contribution in [0.1, 0.15) is 18.4 Å². The van der Waals surface area contributed by atoms with E-state index < -0.39 is 5.97 Å². The highest BCUT2D eigenvalue weighted by molar-refractivity contribution is 6.42. The van der Waals surface area contributed by atoms with E-state index in [9.17, 15) is 4.79 Å². The molecule has 0 spiro atoms. The topological polar surface area (TPSA) is 37.3 Å². The first kappa shape index (κ1) is 11.7. The number of carboxylic acid groups (broad SMARTS) is 1. The Morgan fingerprint density at radius 1 is 1.38 bits per heavy atom. The zero-order valence-electron chi connectivity index (χ0n) is 8.62. The largest absolute Gasteiger partial charge is 0.481 e. The molecule has 0 saturated heterocycles. The number of carbonyl (C=O) groups is 1. The van der Waals surface area contributed by atoms with Crippen LogP contribution in [0.5, 0.6) is 0 Å². The zero-order chi connectivity index (χ0) is 11.7. The van der Waals surface area contributed by atoms with Crippen molar-refractivity contribution in [3.63, 3.8) is 0 Å². The highest BCUT2D eigenvalue weighted by atomic mass is 35.5. The van der Waals surface area contributed by atoms with Crippen molar-refractivity contribution in [3.8, 4) is 0 Å². The molecule has 0 radical (unpaired) electrons. The Balaban J connectivity index is 1.87. The lowest BCUT2D eigenvalue weighted by atomic mass is 10.1. The van der Waals surface area contributed by atoms with Gasteiger partial charge in [-0.2, -0.15) is 0 Å². The van der Waals surface area contributed by atoms with Gasteiger partial charge in [-0.3, -0.25) is 4.79 Å². The van der Waals surface area contributed by atoms with Crippen molar-refractivity contribution < 1.29 is 9.90 Å². The molecule has 1 fully saturated rings. The summed E-state index contributed by atoms with van der Waals surface area (Å²) >= 11 is 11.7. The van der Waals surface area contributed by atoms with E-state index in [1.807, 2.05) is 12.1 Å². The van der Waals surface area contributed by atoms with E-state index in [1.54, 1.807) is 6.07 Å². The molecular weight excluding hydrogens is 247 g/mol. The summed E-state index contributed by atoms with van der Waals surface area (Å²) in [5.74, 6) is -0.450. The third-order valence-electron chi connectivity index (χ3n) is 3.03. The van der Waals surface area contributed by atoms with Crippen molar-refractivity contribution in [2.45, 2.75) is 19.3 Å². The SMILES string of the molecule is O=C(O)C1CC1CCc1ccc(Cl)c(Cl)c1. The van der Waals surface area contributed by atoms with Gasteiger partial charge in [0.1, 0.15) is 0 Å². The average Bonchev–Trinajstić information content (AvgIpc) is 2.99. The molecule has 2 rings (SSSR count). The second kappa shape index (κ2) is 4.64. The maximum Gasteiger partial charge on any atom is 0.306 e. The van der Waals surface area contributed by atoms with Crippen LogP contribution in [0.25, 0.3) is 0 Å². The van der Waals surface area contributed by atoms with Crippen LogP contribution in [-0.4, -0.2) is 11.1 Å². The smallest absolute Gasteiger partial charge is 0.306 e. The first-order valence-electron chi connectivity index (χ1n) is 5.24. The Hall–Kier alpha value is -0.730. The molecule has 1 aromatic rings. The summed E-state index contributed by atoms with van der Waals surface area (Å²) in [6, 6.07) is 5.56. The van der Waals surface area contributed by atoms with Crippen molar-refractivity contribution in [1.82, 2.24) is 0 Å². The number of carboxylic acids is 1. The summed E-state index contributed by atoms with van der Waals surface area (Å²) in [4.78, 5) is 10.6. The maximum atomic E-state index is 10.6. The Morgan fingerprint density at radius 2 is 2.12 bits per heavy atom. The molecule has 1 aromatic carbocycles. The van der Waals surface area contributed by atoms with Gasteiger partial charge in [0, 0.05) is 0 Å². The molecular formula is C12H12Cl2O2. The van der Waals surface area contributed by atoms with Crippen LogP contribution in [0, 0.1) is 11.8 Å². The molecule has 0 bridgehead atoms. The number of rotatable bonds is 4. The minimum Gasteiger partial charge on any atom is -0.481 e. The number of halogens is 2. The van der Waals surface area contributed by atoms with Gasteiger partial charge in [0.25, 0.3) is 0 Å². The second-order valence-corrected chi connectivity index (χ2v) is 5.04. The van der Waals surface area contributed by atoms with E-state index in [-0.39, 0.29) is 5.92 Å². The van der Waals surface area contributed by atoms with Gasteiger partial charge >= 0.3 is 5.97 Å². The minimum atomic E-state index is -0.667. The molecule has 0 heterocycles. The van der Waals surface area contributed by atoms with E-state index >= 15 is 0 Å². The van der Waals surface area contributed by atoms with Crippen molar-refractivity contribution in [3.05, 3.63) is 33.8 Å². The van der Waals surface area contributed by atoms with Gasteiger partial charge in [0.15, 0.2) is 0 Å². The van der Waals surface area contributed by atoms with E-state index in [0.717, 1.165) is 24.8 Å². The first-order valence-corrected chi connectivity index (χ1v) is 6.00. The number of benzene rings is 1. The van der Waals surface area contributed by atoms with Gasteiger partial charge in [-0.05, 0) is 42.9 Å². The molecule has 2 nitrogen and oxygen atoms in total. The lowest BCUT2D eigenvalue weighted by Gasteiger charge is -2.02. The molecule has 1 aliphatic carbocycles. The van der Waals surface area contributed by atoms with Gasteiger partial charge in [-0.1, -0.05) is 29.3 Å². The lowest BCUT2D eigenvalue weighted by Crippen LogP contribution is -2.00. The third-order valence-corrected chi connectivity index (χ3v) is 3.77. The highest BCUT2D eigenvalue weighted by Crippen LogP contribution is 2.42. The Bertz CT molecular complexity index is 417. The summed E-state index contributed by atoms with van der Waals surface area (Å²) < 4.78 is 0. The van der Waals surface area contributed by atoms with E-state index in [2.05, 4.69) is 0 Å². The third kappa shape index (κ3) is 2.69. The van der Waals surface area contributed by atoms with Crippen LogP contribution in [0.2, 0.25) is 10.0 Å². The van der Waals surface area contributed by atoms with Crippen molar-refractivity contribution >= 4 is 29.2 Å². The Morgan fingerprint density at radius 3 is 2.69 bits per heavy atom. The minimum absolute atomic E-state index is 0.122. The molecule has 0 amide bonds. The van der Waals surface area contributed by atoms with E-state index in [1.165, 1.54) is 0 Å². The number of hydrogen-bond donors (Lipinski definition) is 1. The van der Waals surface area contributed by atoms with Gasteiger partial charge in [0.05, 0.1) is 16.0 Å². The molecule has 86 valence electrons. The second-order valence-electron chi connectivity index (χ2n) is 4.23. The van der Waals surface area contributed by atoms with Crippen molar-refractivity contribution in [2.24, 2.45) is 11.8 Å². The van der Waals surface area contributed by atoms with Gasteiger partial charge in [-0.15, -0.1) is 0 Å². The highest BCUT2D eigenvalue weighted by Gasteiger charge is 2.42. The van der Waals surface area contributed by atoms with Crippen LogP contribution in [-0.2, 0) is 11.2 Å². The molecule has 1 aliphatic rings. The quantitative estimate of drug-likeness (QED) is 0.896. The fourth-order valence-electron chi connectivity index (χ4n) is 1.92. The molecule has 2 unspecified atom stereocenters. The van der Waals surface area contributed by atoms with Crippen LogP contribution in [0.15, 0.2) is 18.2 Å². The molecule has 1 N–H and O–H groups in total. The summed E-state index contributed by atoms with van der Waals surface area (Å²) in [7, 11) is 0. The molecule has 0 aliphatic heterocycles. The Kier molecular flexibility index (Phi) is 3.41. The number of aryl methyl sites for hydroxylation is 1. The van der Waals surface area contributed by atoms with Gasteiger partial charge in [0.2, 0.25) is 0 Å². The van der Waals surface area contributed by atoms with Crippen LogP contribution in [0.4, 0.5) is 0 Å². The summed E-state index contributed by atoms with van der Waals surface area (Å²) in [6.45, 7) is 0. The molecule has 16 heavy (non-hydrogen) atoms. The Labute approximate surface area is 104 Å². The molecule has 0 aromatic heterocycles. The van der Waals surface area contributed by atoms with Gasteiger partial charge < -0.3 is 5.11 Å². The number of aliphatic carboxylic acids is 1. The van der Waals surface area contributed by atoms with Crippen molar-refractivity contribution in [2.75, 3.05) is 0 Å². The van der Waals surface area contributed by atoms with Crippen LogP contribution in [0.3, 0.4) is 0 Å². The normalized spacial score (nSPS) is 23.1. The molecule has 4 heteroatoms. The standard InChI is InChI=1S/C12H12Cl2O2/c13-10-4-2-7(5-11(10)14)1-3-8-6-9(8)12(15)16/h2,4-5,8-9H,1,3,6H2,(H,15,16). The van der Waals surface area contributed by atoms with E-state index in [4.69, 9.17) is 28.3 Å². The average molecular weight is 259 g/mol. The predicted octanol–water partition coefficient (Wildman–Crippen LogP) is 3.65. The van der Waals surface area contributed by atoms with Crippen LogP contribution < -0.4 is 0 Å². The van der Waals surface area contributed by atoms with E-state index in [0.29, 0.717) is 16.0 Å². The zero-order valence-corrected chi connectivity index (χ0v) is 10.1. The maximum absolute atomic E-state index is 10.6. The predicted molar refractivity (Wildman–Crippen MR) is 64.0 cm³/mol. The van der Waals surface area contributed by atoms with Crippen molar-refractivity contribution in [1.29, 1.82) is 0 Å². The fourth-order valence-corrected chi connectivity index (χ4v) is 2.24. The number of hydrogen-bond acceptors (Lipinski definition) is 1. The molecule has 1 saturated carbocycles. The van der Waals surface area contributed by atoms with Gasteiger partial charge in [-0.25, -0.2) is 0 Å².